The van der Waals surface area contributed by atoms with Crippen LogP contribution in [-0.2, 0) is 6.42 Å². The van der Waals surface area contributed by atoms with Crippen LogP contribution in [0.1, 0.15) is 30.0 Å². The summed E-state index contributed by atoms with van der Waals surface area (Å²) in [4.78, 5) is 0. The second-order valence-electron chi connectivity index (χ2n) is 3.88. The van der Waals surface area contributed by atoms with Crippen LogP contribution < -0.4 is 10.1 Å². The molecule has 2 nitrogen and oxygen atoms in total. The summed E-state index contributed by atoms with van der Waals surface area (Å²) in [6, 6.07) is 4.25. The lowest BCUT2D eigenvalue weighted by atomic mass is 9.87. The van der Waals surface area contributed by atoms with Crippen molar-refractivity contribution >= 4 is 11.6 Å². The molecule has 0 fully saturated rings. The van der Waals surface area contributed by atoms with E-state index in [1.807, 2.05) is 19.2 Å². The van der Waals surface area contributed by atoms with Crippen molar-refractivity contribution in [1.82, 2.24) is 5.32 Å². The normalized spacial score (nSPS) is 19.8. The zero-order chi connectivity index (χ0) is 10.8. The molecule has 0 heterocycles. The van der Waals surface area contributed by atoms with Crippen molar-refractivity contribution in [2.24, 2.45) is 0 Å². The van der Waals surface area contributed by atoms with E-state index in [1.54, 1.807) is 7.11 Å². The second kappa shape index (κ2) is 4.42. The van der Waals surface area contributed by atoms with Gasteiger partial charge in [-0.3, -0.25) is 0 Å². The summed E-state index contributed by atoms with van der Waals surface area (Å²) in [6.07, 6.45) is 3.41. The molecule has 0 amide bonds. The lowest BCUT2D eigenvalue weighted by molar-refractivity contribution is 0.399. The Morgan fingerprint density at radius 3 is 2.93 bits per heavy atom. The third kappa shape index (κ3) is 1.84. The van der Waals surface area contributed by atoms with Gasteiger partial charge in [-0.25, -0.2) is 0 Å². The zero-order valence-electron chi connectivity index (χ0n) is 9.14. The molecular weight excluding hydrogens is 210 g/mol. The smallest absolute Gasteiger partial charge is 0.122 e. The minimum Gasteiger partial charge on any atom is -0.496 e. The highest BCUT2D eigenvalue weighted by atomic mass is 35.5. The Bertz CT molecular complexity index is 365. The van der Waals surface area contributed by atoms with Gasteiger partial charge < -0.3 is 10.1 Å². The Morgan fingerprint density at radius 2 is 2.27 bits per heavy atom. The quantitative estimate of drug-likeness (QED) is 0.836. The van der Waals surface area contributed by atoms with Gasteiger partial charge in [0.2, 0.25) is 0 Å². The number of benzene rings is 1. The zero-order valence-corrected chi connectivity index (χ0v) is 9.90. The monoisotopic (exact) mass is 225 g/mol. The fraction of sp³-hybridized carbons (Fsp3) is 0.500. The number of halogens is 1. The van der Waals surface area contributed by atoms with E-state index in [1.165, 1.54) is 17.5 Å². The molecule has 15 heavy (non-hydrogen) atoms. The van der Waals surface area contributed by atoms with Crippen LogP contribution >= 0.6 is 11.6 Å². The maximum atomic E-state index is 6.25. The molecule has 2 rings (SSSR count). The van der Waals surface area contributed by atoms with Crippen LogP contribution in [-0.4, -0.2) is 14.2 Å². The van der Waals surface area contributed by atoms with Crippen LogP contribution in [0.5, 0.6) is 5.75 Å². The molecule has 1 unspecified atom stereocenters. The molecule has 3 heteroatoms. The first-order valence-corrected chi connectivity index (χ1v) is 5.68. The predicted octanol–water partition coefficient (Wildman–Crippen LogP) is 2.95. The van der Waals surface area contributed by atoms with Gasteiger partial charge in [0.05, 0.1) is 7.11 Å². The van der Waals surface area contributed by atoms with Gasteiger partial charge in [0.25, 0.3) is 0 Å². The summed E-state index contributed by atoms with van der Waals surface area (Å²) in [6.45, 7) is 0. The molecule has 1 aromatic carbocycles. The molecule has 0 spiro atoms. The first kappa shape index (κ1) is 10.8. The van der Waals surface area contributed by atoms with Crippen molar-refractivity contribution < 1.29 is 4.74 Å². The minimum atomic E-state index is 0.372. The fourth-order valence-corrected chi connectivity index (χ4v) is 2.67. The lowest BCUT2D eigenvalue weighted by Crippen LogP contribution is -2.22. The first-order chi connectivity index (χ1) is 7.27. The van der Waals surface area contributed by atoms with E-state index < -0.39 is 0 Å². The molecule has 0 aromatic heterocycles. The van der Waals surface area contributed by atoms with E-state index in [9.17, 15) is 0 Å². The Kier molecular flexibility index (Phi) is 3.17. The molecule has 0 bridgehead atoms. The van der Waals surface area contributed by atoms with E-state index in [-0.39, 0.29) is 0 Å². The van der Waals surface area contributed by atoms with Gasteiger partial charge in [0.1, 0.15) is 5.75 Å². The number of fused-ring (bicyclic) bond motifs is 1. The SMILES string of the molecule is CNC1CCCc2c(OC)ccc(Cl)c21. The summed E-state index contributed by atoms with van der Waals surface area (Å²) in [5, 5.41) is 4.16. The van der Waals surface area contributed by atoms with Gasteiger partial charge in [-0.1, -0.05) is 11.6 Å². The predicted molar refractivity (Wildman–Crippen MR) is 62.7 cm³/mol. The molecule has 82 valence electrons. The molecule has 0 aliphatic heterocycles. The summed E-state index contributed by atoms with van der Waals surface area (Å²) < 4.78 is 5.37. The fourth-order valence-electron chi connectivity index (χ4n) is 2.36. The Hall–Kier alpha value is -0.730. The van der Waals surface area contributed by atoms with Gasteiger partial charge >= 0.3 is 0 Å². The number of rotatable bonds is 2. The van der Waals surface area contributed by atoms with Crippen molar-refractivity contribution in [2.45, 2.75) is 25.3 Å². The number of ether oxygens (including phenoxy) is 1. The van der Waals surface area contributed by atoms with E-state index in [0.29, 0.717) is 6.04 Å². The van der Waals surface area contributed by atoms with E-state index >= 15 is 0 Å². The number of nitrogens with one attached hydrogen (secondary N) is 1. The molecule has 1 aliphatic rings. The van der Waals surface area contributed by atoms with Crippen molar-refractivity contribution in [3.63, 3.8) is 0 Å². The minimum absolute atomic E-state index is 0.372. The second-order valence-corrected chi connectivity index (χ2v) is 4.28. The van der Waals surface area contributed by atoms with Gasteiger partial charge in [0.15, 0.2) is 0 Å². The summed E-state index contributed by atoms with van der Waals surface area (Å²) >= 11 is 6.25. The van der Waals surface area contributed by atoms with Crippen LogP contribution in [0.25, 0.3) is 0 Å². The maximum absolute atomic E-state index is 6.25. The highest BCUT2D eigenvalue weighted by Gasteiger charge is 2.24. The van der Waals surface area contributed by atoms with Gasteiger partial charge in [-0.15, -0.1) is 0 Å². The van der Waals surface area contributed by atoms with Crippen LogP contribution in [0, 0.1) is 0 Å². The molecule has 1 aliphatic carbocycles. The number of hydrogen-bond acceptors (Lipinski definition) is 2. The lowest BCUT2D eigenvalue weighted by Gasteiger charge is -2.27. The first-order valence-electron chi connectivity index (χ1n) is 5.30. The van der Waals surface area contributed by atoms with Gasteiger partial charge in [-0.2, -0.15) is 0 Å². The summed E-state index contributed by atoms with van der Waals surface area (Å²) in [5.41, 5.74) is 2.50. The summed E-state index contributed by atoms with van der Waals surface area (Å²) in [5.74, 6) is 0.967. The largest absolute Gasteiger partial charge is 0.496 e. The average molecular weight is 226 g/mol. The van der Waals surface area contributed by atoms with Crippen molar-refractivity contribution in [3.8, 4) is 5.75 Å². The van der Waals surface area contributed by atoms with Crippen LogP contribution in [0.2, 0.25) is 5.02 Å². The highest BCUT2D eigenvalue weighted by molar-refractivity contribution is 6.31. The Morgan fingerprint density at radius 1 is 1.47 bits per heavy atom. The molecule has 1 atom stereocenters. The van der Waals surface area contributed by atoms with E-state index in [2.05, 4.69) is 5.32 Å². The van der Waals surface area contributed by atoms with E-state index in [0.717, 1.165) is 23.6 Å². The topological polar surface area (TPSA) is 21.3 Å². The van der Waals surface area contributed by atoms with Crippen molar-refractivity contribution in [3.05, 3.63) is 28.3 Å². The van der Waals surface area contributed by atoms with Crippen LogP contribution in [0.4, 0.5) is 0 Å². The highest BCUT2D eigenvalue weighted by Crippen LogP contribution is 2.39. The molecule has 0 saturated heterocycles. The van der Waals surface area contributed by atoms with Crippen LogP contribution in [0.15, 0.2) is 12.1 Å². The number of methoxy groups -OCH3 is 1. The number of hydrogen-bond donors (Lipinski definition) is 1. The summed E-state index contributed by atoms with van der Waals surface area (Å²) in [7, 11) is 3.70. The third-order valence-corrected chi connectivity index (χ3v) is 3.43. The van der Waals surface area contributed by atoms with Gasteiger partial charge in [0, 0.05) is 16.6 Å². The molecule has 0 radical (unpaired) electrons. The third-order valence-electron chi connectivity index (χ3n) is 3.10. The Labute approximate surface area is 95.6 Å². The standard InChI is InChI=1S/C12H16ClNO/c1-14-10-5-3-4-8-11(15-2)7-6-9(13)12(8)10/h6-7,10,14H,3-5H2,1-2H3. The molecule has 1 N–H and O–H groups in total. The molecule has 1 aromatic rings. The van der Waals surface area contributed by atoms with E-state index in [4.69, 9.17) is 16.3 Å². The van der Waals surface area contributed by atoms with Crippen molar-refractivity contribution in [2.75, 3.05) is 14.2 Å². The average Bonchev–Trinajstić information content (AvgIpc) is 2.29. The molecular formula is C12H16ClNO. The van der Waals surface area contributed by atoms with Gasteiger partial charge in [-0.05, 0) is 44.0 Å². The molecule has 0 saturated carbocycles. The maximum Gasteiger partial charge on any atom is 0.122 e. The Balaban J connectivity index is 2.53. The van der Waals surface area contributed by atoms with Crippen molar-refractivity contribution in [1.29, 1.82) is 0 Å². The van der Waals surface area contributed by atoms with Crippen LogP contribution in [0.3, 0.4) is 0 Å².